The third-order valence-electron chi connectivity index (χ3n) is 3.57. The van der Waals surface area contributed by atoms with E-state index in [0.29, 0.717) is 6.42 Å². The number of ether oxygens (including phenoxy) is 1. The average Bonchev–Trinajstić information content (AvgIpc) is 2.48. The third kappa shape index (κ3) is 17.0. The van der Waals surface area contributed by atoms with Gasteiger partial charge in [0.2, 0.25) is 0 Å². The van der Waals surface area contributed by atoms with Gasteiger partial charge in [-0.25, -0.2) is 0 Å². The van der Waals surface area contributed by atoms with E-state index in [9.17, 15) is 4.79 Å². The molecule has 2 nitrogen and oxygen atoms in total. The Labute approximate surface area is 132 Å². The molecule has 0 aromatic carbocycles. The molecule has 0 fully saturated rings. The molecule has 0 heterocycles. The summed E-state index contributed by atoms with van der Waals surface area (Å²) >= 11 is 0. The summed E-state index contributed by atoms with van der Waals surface area (Å²) in [5.41, 5.74) is 0. The highest BCUT2D eigenvalue weighted by Gasteiger charge is 1.99. The Balaban J connectivity index is 3.24. The van der Waals surface area contributed by atoms with Crippen molar-refractivity contribution >= 4 is 5.97 Å². The number of hydrogen-bond donors (Lipinski definition) is 0. The number of carbonyl (C=O) groups excluding carboxylic acids is 1. The number of carbonyl (C=O) groups is 1. The van der Waals surface area contributed by atoms with Gasteiger partial charge in [-0.2, -0.15) is 0 Å². The lowest BCUT2D eigenvalue weighted by atomic mass is 10.1. The zero-order valence-electron chi connectivity index (χ0n) is 14.2. The minimum atomic E-state index is -0.107. The highest BCUT2D eigenvalue weighted by atomic mass is 16.5. The van der Waals surface area contributed by atoms with Gasteiger partial charge in [-0.15, -0.1) is 0 Å². The molecule has 0 amide bonds. The van der Waals surface area contributed by atoms with Crippen molar-refractivity contribution in [2.75, 3.05) is 6.61 Å². The number of unbranched alkanes of at least 4 members (excludes halogenated alkanes) is 10. The second kappa shape index (κ2) is 17.1. The maximum atomic E-state index is 11.3. The van der Waals surface area contributed by atoms with Gasteiger partial charge < -0.3 is 4.74 Å². The van der Waals surface area contributed by atoms with Crippen LogP contribution in [0.4, 0.5) is 0 Å². The zero-order valence-corrected chi connectivity index (χ0v) is 14.2. The van der Waals surface area contributed by atoms with Gasteiger partial charge in [0.05, 0.1) is 0 Å². The molecule has 0 unspecified atom stereocenters. The SMILES string of the molecule is CCCCCCCCCCC#CCOC(=O)CCCCC. The van der Waals surface area contributed by atoms with Crippen LogP contribution in [0.2, 0.25) is 0 Å². The fourth-order valence-electron chi connectivity index (χ4n) is 2.19. The van der Waals surface area contributed by atoms with Crippen molar-refractivity contribution in [1.82, 2.24) is 0 Å². The normalized spacial score (nSPS) is 10.0. The van der Waals surface area contributed by atoms with E-state index < -0.39 is 0 Å². The lowest BCUT2D eigenvalue weighted by Crippen LogP contribution is -2.04. The van der Waals surface area contributed by atoms with Gasteiger partial charge >= 0.3 is 5.97 Å². The second-order valence-electron chi connectivity index (χ2n) is 5.70. The van der Waals surface area contributed by atoms with Crippen LogP contribution in [0.1, 0.15) is 97.3 Å². The van der Waals surface area contributed by atoms with Crippen LogP contribution in [0.15, 0.2) is 0 Å². The number of esters is 1. The quantitative estimate of drug-likeness (QED) is 0.249. The van der Waals surface area contributed by atoms with Crippen LogP contribution in [-0.4, -0.2) is 12.6 Å². The third-order valence-corrected chi connectivity index (χ3v) is 3.57. The monoisotopic (exact) mass is 294 g/mol. The summed E-state index contributed by atoms with van der Waals surface area (Å²) in [5, 5.41) is 0. The molecule has 0 aliphatic carbocycles. The maximum Gasteiger partial charge on any atom is 0.306 e. The summed E-state index contributed by atoms with van der Waals surface area (Å²) in [7, 11) is 0. The molecule has 0 radical (unpaired) electrons. The van der Waals surface area contributed by atoms with Crippen molar-refractivity contribution in [2.45, 2.75) is 97.3 Å². The molecule has 0 N–H and O–H groups in total. The predicted molar refractivity (Wildman–Crippen MR) is 90.1 cm³/mol. The van der Waals surface area contributed by atoms with E-state index in [1.54, 1.807) is 0 Å². The summed E-state index contributed by atoms with van der Waals surface area (Å²) in [6, 6.07) is 0. The molecular formula is C19H34O2. The first-order valence-electron chi connectivity index (χ1n) is 8.92. The predicted octanol–water partition coefficient (Wildman–Crippen LogP) is 5.64. The van der Waals surface area contributed by atoms with Crippen LogP contribution in [0, 0.1) is 11.8 Å². The summed E-state index contributed by atoms with van der Waals surface area (Å²) in [5.74, 6) is 5.92. The molecule has 0 aliphatic heterocycles. The standard InChI is InChI=1S/C19H34O2/c1-3-5-7-8-9-10-11-12-13-14-16-18-21-19(20)17-15-6-4-2/h3-13,15,17-18H2,1-2H3. The van der Waals surface area contributed by atoms with Crippen LogP contribution in [0.5, 0.6) is 0 Å². The van der Waals surface area contributed by atoms with Gasteiger partial charge in [-0.1, -0.05) is 83.5 Å². The van der Waals surface area contributed by atoms with E-state index >= 15 is 0 Å². The molecule has 122 valence electrons. The van der Waals surface area contributed by atoms with Gasteiger partial charge in [0.15, 0.2) is 6.61 Å². The topological polar surface area (TPSA) is 26.3 Å². The highest BCUT2D eigenvalue weighted by Crippen LogP contribution is 2.09. The van der Waals surface area contributed by atoms with Crippen molar-refractivity contribution in [1.29, 1.82) is 0 Å². The van der Waals surface area contributed by atoms with Gasteiger partial charge in [-0.3, -0.25) is 4.79 Å². The molecule has 0 spiro atoms. The Hall–Kier alpha value is -0.970. The fourth-order valence-corrected chi connectivity index (χ4v) is 2.19. The first kappa shape index (κ1) is 20.0. The molecule has 21 heavy (non-hydrogen) atoms. The highest BCUT2D eigenvalue weighted by molar-refractivity contribution is 5.69. The molecular weight excluding hydrogens is 260 g/mol. The fraction of sp³-hybridized carbons (Fsp3) is 0.842. The van der Waals surface area contributed by atoms with Crippen LogP contribution in [-0.2, 0) is 9.53 Å². The molecule has 0 atom stereocenters. The largest absolute Gasteiger partial charge is 0.452 e. The lowest BCUT2D eigenvalue weighted by Gasteiger charge is -2.00. The minimum absolute atomic E-state index is 0.107. The van der Waals surface area contributed by atoms with E-state index in [4.69, 9.17) is 4.74 Å². The molecule has 0 aromatic rings. The Kier molecular flexibility index (Phi) is 16.3. The van der Waals surface area contributed by atoms with Crippen LogP contribution in [0.3, 0.4) is 0 Å². The zero-order chi connectivity index (χ0) is 15.6. The Morgan fingerprint density at radius 3 is 2.00 bits per heavy atom. The van der Waals surface area contributed by atoms with Crippen molar-refractivity contribution in [3.05, 3.63) is 0 Å². The molecule has 0 saturated heterocycles. The van der Waals surface area contributed by atoms with E-state index in [0.717, 1.165) is 25.7 Å². The minimum Gasteiger partial charge on any atom is -0.452 e. The lowest BCUT2D eigenvalue weighted by molar-refractivity contribution is -0.142. The molecule has 0 aromatic heterocycles. The summed E-state index contributed by atoms with van der Waals surface area (Å²) in [6.07, 6.45) is 15.2. The van der Waals surface area contributed by atoms with E-state index in [2.05, 4.69) is 25.7 Å². The summed E-state index contributed by atoms with van der Waals surface area (Å²) in [4.78, 5) is 11.3. The Morgan fingerprint density at radius 1 is 0.762 bits per heavy atom. The molecule has 2 heteroatoms. The summed E-state index contributed by atoms with van der Waals surface area (Å²) in [6.45, 7) is 4.64. The van der Waals surface area contributed by atoms with Crippen LogP contribution < -0.4 is 0 Å². The number of hydrogen-bond acceptors (Lipinski definition) is 2. The van der Waals surface area contributed by atoms with Crippen LogP contribution >= 0.6 is 0 Å². The van der Waals surface area contributed by atoms with E-state index in [-0.39, 0.29) is 12.6 Å². The smallest absolute Gasteiger partial charge is 0.306 e. The Bertz CT molecular complexity index is 286. The first-order chi connectivity index (χ1) is 10.3. The second-order valence-corrected chi connectivity index (χ2v) is 5.70. The van der Waals surface area contributed by atoms with Crippen molar-refractivity contribution < 1.29 is 9.53 Å². The van der Waals surface area contributed by atoms with Crippen molar-refractivity contribution in [3.8, 4) is 11.8 Å². The van der Waals surface area contributed by atoms with Gasteiger partial charge in [0.25, 0.3) is 0 Å². The molecule has 0 rings (SSSR count). The van der Waals surface area contributed by atoms with Crippen molar-refractivity contribution in [2.24, 2.45) is 0 Å². The van der Waals surface area contributed by atoms with E-state index in [1.807, 2.05) is 0 Å². The average molecular weight is 294 g/mol. The first-order valence-corrected chi connectivity index (χ1v) is 8.92. The van der Waals surface area contributed by atoms with Crippen LogP contribution in [0.25, 0.3) is 0 Å². The molecule has 0 saturated carbocycles. The summed E-state index contributed by atoms with van der Waals surface area (Å²) < 4.78 is 5.06. The molecule has 0 aliphatic rings. The van der Waals surface area contributed by atoms with Gasteiger partial charge in [-0.05, 0) is 12.8 Å². The Morgan fingerprint density at radius 2 is 1.33 bits per heavy atom. The molecule has 0 bridgehead atoms. The maximum absolute atomic E-state index is 11.3. The number of rotatable bonds is 13. The van der Waals surface area contributed by atoms with Crippen molar-refractivity contribution in [3.63, 3.8) is 0 Å². The van der Waals surface area contributed by atoms with Gasteiger partial charge in [0, 0.05) is 12.8 Å². The van der Waals surface area contributed by atoms with E-state index in [1.165, 1.54) is 51.4 Å². The van der Waals surface area contributed by atoms with Gasteiger partial charge in [0.1, 0.15) is 0 Å².